The third kappa shape index (κ3) is 4.61. The molecule has 10 heteroatoms. The predicted octanol–water partition coefficient (Wildman–Crippen LogP) is 3.90. The quantitative estimate of drug-likeness (QED) is 0.598. The number of thiol groups is 1. The number of carbonyl (C=O) groups is 1. The monoisotopic (exact) mass is 473 g/mol. The normalized spacial score (nSPS) is 17.3. The van der Waals surface area contributed by atoms with Gasteiger partial charge in [-0.2, -0.15) is 0 Å². The lowest BCUT2D eigenvalue weighted by molar-refractivity contribution is 0.0975. The van der Waals surface area contributed by atoms with E-state index < -0.39 is 22.0 Å². The van der Waals surface area contributed by atoms with Gasteiger partial charge in [0, 0.05) is 52.2 Å². The number of hydrogen-bond acceptors (Lipinski definition) is 4. The van der Waals surface area contributed by atoms with Gasteiger partial charge in [-0.1, -0.05) is 23.2 Å². The average molecular weight is 474 g/mol. The molecule has 0 unspecified atom stereocenters. The Bertz CT molecular complexity index is 1040. The van der Waals surface area contributed by atoms with Gasteiger partial charge in [0.15, 0.2) is 0 Å². The minimum Gasteiger partial charge on any atom is -0.487 e. The molecule has 0 bridgehead atoms. The molecule has 2 fully saturated rings. The molecule has 0 spiro atoms. The molecule has 162 valence electrons. The van der Waals surface area contributed by atoms with E-state index in [9.17, 15) is 13.4 Å². The van der Waals surface area contributed by atoms with Crippen molar-refractivity contribution in [3.05, 3.63) is 57.1 Å². The molecule has 6 nitrogen and oxygen atoms in total. The van der Waals surface area contributed by atoms with Crippen LogP contribution in [-0.4, -0.2) is 38.8 Å². The number of nitrogens with zero attached hydrogens (tertiary/aromatic N) is 2. The van der Waals surface area contributed by atoms with E-state index in [2.05, 4.69) is 9.71 Å². The van der Waals surface area contributed by atoms with Crippen molar-refractivity contribution in [2.75, 3.05) is 19.3 Å². The van der Waals surface area contributed by atoms with Crippen LogP contribution in [0, 0.1) is 5.82 Å². The van der Waals surface area contributed by atoms with Crippen molar-refractivity contribution < 1.29 is 18.1 Å². The number of ether oxygens (including phenoxy) is 1. The molecule has 4 rings (SSSR count). The van der Waals surface area contributed by atoms with Crippen molar-refractivity contribution in [1.29, 1.82) is 0 Å². The molecular weight excluding hydrogens is 452 g/mol. The second-order valence-electron chi connectivity index (χ2n) is 7.65. The van der Waals surface area contributed by atoms with Crippen LogP contribution >= 0.6 is 23.2 Å². The molecule has 2 aromatic rings. The van der Waals surface area contributed by atoms with Crippen molar-refractivity contribution in [2.24, 2.45) is 0 Å². The molecule has 1 saturated heterocycles. The fraction of sp³-hybridized carbons (Fsp3) is 0.400. The van der Waals surface area contributed by atoms with Crippen LogP contribution in [0.3, 0.4) is 0 Å². The summed E-state index contributed by atoms with van der Waals surface area (Å²) in [5.74, 6) is -0.650. The first-order valence-electron chi connectivity index (χ1n) is 9.66. The molecule has 1 aromatic heterocycles. The summed E-state index contributed by atoms with van der Waals surface area (Å²) in [5, 5.41) is 0.718. The first-order valence-corrected chi connectivity index (χ1v) is 12.5. The molecular formula is C20H22Cl2FN3O3S. The Hall–Kier alpha value is -1.74. The number of carbonyl (C=O) groups excluding carboxylic acids is 1. The number of nitrogens with one attached hydrogen (secondary N) is 1. The van der Waals surface area contributed by atoms with E-state index in [-0.39, 0.29) is 17.2 Å². The van der Waals surface area contributed by atoms with Gasteiger partial charge in [0.05, 0.1) is 22.5 Å². The highest BCUT2D eigenvalue weighted by Crippen LogP contribution is 2.42. The molecule has 1 amide bonds. The van der Waals surface area contributed by atoms with Crippen molar-refractivity contribution in [3.63, 3.8) is 0 Å². The zero-order chi connectivity index (χ0) is 21.5. The molecule has 1 aromatic carbocycles. The smallest absolute Gasteiger partial charge is 0.265 e. The van der Waals surface area contributed by atoms with E-state index in [1.54, 1.807) is 16.6 Å². The molecule has 2 heterocycles. The maximum atomic E-state index is 14.6. The molecule has 1 aliphatic heterocycles. The minimum absolute atomic E-state index is 0.0154. The molecule has 1 saturated carbocycles. The fourth-order valence-electron chi connectivity index (χ4n) is 3.20. The number of aromatic nitrogens is 1. The Morgan fingerprint density at radius 3 is 2.63 bits per heavy atom. The number of pyridine rings is 1. The van der Waals surface area contributed by atoms with Gasteiger partial charge in [0.1, 0.15) is 18.2 Å². The number of rotatable bonds is 7. The van der Waals surface area contributed by atoms with Gasteiger partial charge in [0.25, 0.3) is 5.91 Å². The first-order chi connectivity index (χ1) is 14.2. The summed E-state index contributed by atoms with van der Waals surface area (Å²) in [4.78, 5) is 16.8. The summed E-state index contributed by atoms with van der Waals surface area (Å²) in [6.07, 6.45) is 6.15. The van der Waals surface area contributed by atoms with Crippen molar-refractivity contribution in [1.82, 2.24) is 14.0 Å². The van der Waals surface area contributed by atoms with Crippen LogP contribution in [0.25, 0.3) is 0 Å². The van der Waals surface area contributed by atoms with E-state index in [1.807, 2.05) is 0 Å². The summed E-state index contributed by atoms with van der Waals surface area (Å²) in [7, 11) is -3.05. The molecule has 1 N–H and O–H groups in total. The van der Waals surface area contributed by atoms with Crippen molar-refractivity contribution in [3.8, 4) is 5.75 Å². The van der Waals surface area contributed by atoms with Crippen LogP contribution in [0.1, 0.15) is 46.8 Å². The number of halogens is 3. The van der Waals surface area contributed by atoms with Gasteiger partial charge >= 0.3 is 0 Å². The van der Waals surface area contributed by atoms with Gasteiger partial charge in [0.2, 0.25) is 0 Å². The Morgan fingerprint density at radius 1 is 1.30 bits per heavy atom. The Kier molecular flexibility index (Phi) is 6.03. The summed E-state index contributed by atoms with van der Waals surface area (Å²) in [6, 6.07) is 4.06. The second kappa shape index (κ2) is 8.42. The second-order valence-corrected chi connectivity index (χ2v) is 11.0. The molecule has 1 aliphatic carbocycles. The van der Waals surface area contributed by atoms with Gasteiger partial charge < -0.3 is 4.74 Å². The van der Waals surface area contributed by atoms with Crippen molar-refractivity contribution >= 4 is 39.4 Å². The maximum absolute atomic E-state index is 14.6. The summed E-state index contributed by atoms with van der Waals surface area (Å²) >= 11 is 12.5. The lowest BCUT2D eigenvalue weighted by Gasteiger charge is -2.40. The molecule has 30 heavy (non-hydrogen) atoms. The highest BCUT2D eigenvalue weighted by Gasteiger charge is 2.28. The van der Waals surface area contributed by atoms with Crippen molar-refractivity contribution in [2.45, 2.75) is 31.8 Å². The van der Waals surface area contributed by atoms with E-state index in [0.29, 0.717) is 35.3 Å². The third-order valence-corrected chi connectivity index (χ3v) is 8.02. The van der Waals surface area contributed by atoms with Crippen LogP contribution < -0.4 is 9.46 Å². The fourth-order valence-corrected chi connectivity index (χ4v) is 5.42. The maximum Gasteiger partial charge on any atom is 0.265 e. The van der Waals surface area contributed by atoms with E-state index in [1.165, 1.54) is 12.3 Å². The summed E-state index contributed by atoms with van der Waals surface area (Å²) in [5.41, 5.74) is 0.982. The zero-order valence-electron chi connectivity index (χ0n) is 16.3. The van der Waals surface area contributed by atoms with Gasteiger partial charge in [-0.3, -0.25) is 18.7 Å². The lowest BCUT2D eigenvalue weighted by Crippen LogP contribution is -2.54. The Morgan fingerprint density at radius 2 is 2.03 bits per heavy atom. The molecule has 0 atom stereocenters. The minimum atomic E-state index is -3.05. The van der Waals surface area contributed by atoms with E-state index >= 15 is 0 Å². The summed E-state index contributed by atoms with van der Waals surface area (Å²) in [6.45, 7) is 1.28. The van der Waals surface area contributed by atoms with Gasteiger partial charge in [-0.25, -0.2) is 8.70 Å². The number of hydrogen-bond donors (Lipinski definition) is 2. The largest absolute Gasteiger partial charge is 0.487 e. The van der Waals surface area contributed by atoms with Crippen LogP contribution in [-0.2, 0) is 16.9 Å². The number of amides is 1. The lowest BCUT2D eigenvalue weighted by atomic mass is 10.1. The van der Waals surface area contributed by atoms with E-state index in [4.69, 9.17) is 27.9 Å². The van der Waals surface area contributed by atoms with Crippen LogP contribution in [0.5, 0.6) is 5.75 Å². The van der Waals surface area contributed by atoms with E-state index in [0.717, 1.165) is 31.0 Å². The summed E-state index contributed by atoms with van der Waals surface area (Å²) < 4.78 is 36.9. The molecule has 2 aliphatic rings. The highest BCUT2D eigenvalue weighted by molar-refractivity contribution is 7.98. The molecule has 0 radical (unpaired) electrons. The van der Waals surface area contributed by atoms with Crippen LogP contribution in [0.4, 0.5) is 4.39 Å². The van der Waals surface area contributed by atoms with Gasteiger partial charge in [-0.15, -0.1) is 0 Å². The standard InChI is InChI=1S/C20H22Cl2FN3O3S/c1-30(28,26-5-2-6-26)25-20(27)15-9-16(21)13(7-18(15)23)11-29-14-8-17(22)19(24-10-14)12-3-4-12/h7-10,12,30H,2-6,11H2,1H3,(H,25,27,28). The Labute approximate surface area is 185 Å². The Balaban J connectivity index is 1.44. The zero-order valence-corrected chi connectivity index (χ0v) is 18.7. The first kappa shape index (κ1) is 21.5. The highest BCUT2D eigenvalue weighted by atomic mass is 35.5. The predicted molar refractivity (Wildman–Crippen MR) is 116 cm³/mol. The number of benzene rings is 1. The van der Waals surface area contributed by atoms with Crippen LogP contribution in [0.2, 0.25) is 10.0 Å². The SMILES string of the molecule is C[SH](=O)(NC(=O)c1cc(Cl)c(COc2cnc(C3CC3)c(Cl)c2)cc1F)N1CCC1. The van der Waals surface area contributed by atoms with Gasteiger partial charge in [-0.05, 0) is 31.4 Å². The average Bonchev–Trinajstić information content (AvgIpc) is 3.44. The topological polar surface area (TPSA) is 71.5 Å². The van der Waals surface area contributed by atoms with Crippen LogP contribution in [0.15, 0.2) is 24.4 Å². The third-order valence-electron chi connectivity index (χ3n) is 5.26.